The van der Waals surface area contributed by atoms with Crippen molar-refractivity contribution in [3.8, 4) is 54.5 Å². The number of fused-ring (bicyclic) bond motifs is 3. The molecular formula is C43H28N2S. The largest absolute Gasteiger partial charge is 0.311 e. The van der Waals surface area contributed by atoms with Gasteiger partial charge in [0.1, 0.15) is 5.01 Å². The van der Waals surface area contributed by atoms with Crippen LogP contribution in [0.5, 0.6) is 0 Å². The Morgan fingerprint density at radius 1 is 0.391 bits per heavy atom. The van der Waals surface area contributed by atoms with Gasteiger partial charge in [0.2, 0.25) is 0 Å². The molecule has 0 aliphatic heterocycles. The smallest absolute Gasteiger partial charge is 0.124 e. The molecule has 1 aliphatic carbocycles. The van der Waals surface area contributed by atoms with Crippen LogP contribution in [0.4, 0.5) is 17.1 Å². The maximum absolute atomic E-state index is 5.13. The van der Waals surface area contributed by atoms with Crippen LogP contribution in [-0.2, 0) is 0 Å². The van der Waals surface area contributed by atoms with E-state index in [1.807, 2.05) is 0 Å². The van der Waals surface area contributed by atoms with Gasteiger partial charge in [0.15, 0.2) is 0 Å². The Bertz CT molecular complexity index is 2300. The molecule has 9 rings (SSSR count). The zero-order valence-electron chi connectivity index (χ0n) is 25.0. The highest BCUT2D eigenvalue weighted by Gasteiger charge is 2.27. The van der Waals surface area contributed by atoms with E-state index in [1.54, 1.807) is 11.3 Å². The maximum atomic E-state index is 5.13. The van der Waals surface area contributed by atoms with Crippen molar-refractivity contribution in [2.45, 2.75) is 0 Å². The second-order valence-electron chi connectivity index (χ2n) is 11.6. The Hall–Kier alpha value is -5.77. The van der Waals surface area contributed by atoms with Crippen molar-refractivity contribution in [2.75, 3.05) is 4.90 Å². The molecule has 0 radical (unpaired) electrons. The standard InChI is InChI=1S/C43H28N2S/c1-4-11-29(12-5-1)30-19-23-34(24-20-30)45(33-15-8-3-9-16-33)35-25-21-31(22-26-35)36-27-28-38-40-37(36)17-10-18-39(40)42-41(38)44-43(46-42)32-13-6-2-7-14-32/h1-28H. The van der Waals surface area contributed by atoms with E-state index in [0.29, 0.717) is 0 Å². The third kappa shape index (κ3) is 4.44. The van der Waals surface area contributed by atoms with Crippen LogP contribution in [-0.4, -0.2) is 4.98 Å². The number of benzene rings is 7. The summed E-state index contributed by atoms with van der Waals surface area (Å²) in [7, 11) is 0. The van der Waals surface area contributed by atoms with Crippen LogP contribution in [0.1, 0.15) is 0 Å². The minimum absolute atomic E-state index is 1.07. The number of para-hydroxylation sites is 1. The Morgan fingerprint density at radius 3 is 1.61 bits per heavy atom. The molecule has 1 aromatic heterocycles. The predicted molar refractivity (Wildman–Crippen MR) is 195 cm³/mol. The fraction of sp³-hybridized carbons (Fsp3) is 0. The van der Waals surface area contributed by atoms with Gasteiger partial charge in [-0.25, -0.2) is 4.98 Å². The van der Waals surface area contributed by atoms with Crippen molar-refractivity contribution in [1.29, 1.82) is 0 Å². The Morgan fingerprint density at radius 2 is 0.935 bits per heavy atom. The van der Waals surface area contributed by atoms with Gasteiger partial charge in [-0.05, 0) is 64.0 Å². The van der Waals surface area contributed by atoms with E-state index >= 15 is 0 Å². The molecule has 2 nitrogen and oxygen atoms in total. The van der Waals surface area contributed by atoms with Crippen molar-refractivity contribution in [3.05, 3.63) is 170 Å². The molecule has 8 aromatic rings. The first-order chi connectivity index (χ1) is 22.8. The third-order valence-corrected chi connectivity index (χ3v) is 10.0. The van der Waals surface area contributed by atoms with E-state index < -0.39 is 0 Å². The number of anilines is 3. The molecule has 1 aliphatic rings. The minimum Gasteiger partial charge on any atom is -0.311 e. The van der Waals surface area contributed by atoms with Crippen molar-refractivity contribution in [3.63, 3.8) is 0 Å². The molecular weight excluding hydrogens is 577 g/mol. The summed E-state index contributed by atoms with van der Waals surface area (Å²) in [6, 6.07) is 60.6. The molecule has 1 heterocycles. The fourth-order valence-electron chi connectivity index (χ4n) is 6.68. The van der Waals surface area contributed by atoms with E-state index in [9.17, 15) is 0 Å². The highest BCUT2D eigenvalue weighted by Crippen LogP contribution is 2.52. The summed E-state index contributed by atoms with van der Waals surface area (Å²) in [6.45, 7) is 0. The van der Waals surface area contributed by atoms with Crippen LogP contribution in [0.2, 0.25) is 0 Å². The van der Waals surface area contributed by atoms with Crippen LogP contribution in [0.25, 0.3) is 65.3 Å². The van der Waals surface area contributed by atoms with Gasteiger partial charge in [0, 0.05) is 39.1 Å². The lowest BCUT2D eigenvalue weighted by molar-refractivity contribution is 1.28. The topological polar surface area (TPSA) is 16.1 Å². The van der Waals surface area contributed by atoms with Crippen molar-refractivity contribution in [1.82, 2.24) is 4.98 Å². The number of thiazole rings is 1. The first-order valence-corrected chi connectivity index (χ1v) is 16.4. The highest BCUT2D eigenvalue weighted by atomic mass is 32.1. The number of aromatic nitrogens is 1. The first-order valence-electron chi connectivity index (χ1n) is 15.6. The van der Waals surface area contributed by atoms with Crippen LogP contribution in [0, 0.1) is 0 Å². The third-order valence-electron chi connectivity index (χ3n) is 8.87. The molecule has 0 bridgehead atoms. The van der Waals surface area contributed by atoms with Crippen LogP contribution in [0.3, 0.4) is 0 Å². The minimum atomic E-state index is 1.07. The molecule has 0 atom stereocenters. The SMILES string of the molecule is c1ccc(-c2ccc(N(c3ccccc3)c3ccc(-c4ccc5c6c(cccc46)-c4sc(-c6ccccc6)nc4-5)cc3)cc2)cc1. The average Bonchev–Trinajstić information content (AvgIpc) is 3.70. The van der Waals surface area contributed by atoms with Crippen LogP contribution >= 0.6 is 11.3 Å². The summed E-state index contributed by atoms with van der Waals surface area (Å²) < 4.78 is 0. The van der Waals surface area contributed by atoms with Gasteiger partial charge >= 0.3 is 0 Å². The maximum Gasteiger partial charge on any atom is 0.124 e. The molecule has 0 unspecified atom stereocenters. The van der Waals surface area contributed by atoms with Crippen molar-refractivity contribution >= 4 is 39.2 Å². The highest BCUT2D eigenvalue weighted by molar-refractivity contribution is 7.19. The van der Waals surface area contributed by atoms with Gasteiger partial charge in [-0.2, -0.15) is 0 Å². The molecule has 0 saturated heterocycles. The Labute approximate surface area is 272 Å². The summed E-state index contributed by atoms with van der Waals surface area (Å²) in [6.07, 6.45) is 0. The van der Waals surface area contributed by atoms with Crippen molar-refractivity contribution in [2.24, 2.45) is 0 Å². The summed E-state index contributed by atoms with van der Waals surface area (Å²) in [5, 5.41) is 3.65. The van der Waals surface area contributed by atoms with Crippen molar-refractivity contribution < 1.29 is 0 Å². The van der Waals surface area contributed by atoms with E-state index in [0.717, 1.165) is 27.8 Å². The monoisotopic (exact) mass is 604 g/mol. The summed E-state index contributed by atoms with van der Waals surface area (Å²) in [5.41, 5.74) is 13.0. The zero-order chi connectivity index (χ0) is 30.5. The van der Waals surface area contributed by atoms with Crippen LogP contribution in [0.15, 0.2) is 170 Å². The van der Waals surface area contributed by atoms with Crippen LogP contribution < -0.4 is 4.90 Å². The molecule has 7 aromatic carbocycles. The Kier molecular flexibility index (Phi) is 6.36. The Balaban J connectivity index is 1.09. The van der Waals surface area contributed by atoms with E-state index in [4.69, 9.17) is 4.98 Å². The fourth-order valence-corrected chi connectivity index (χ4v) is 7.80. The second kappa shape index (κ2) is 11.0. The lowest BCUT2D eigenvalue weighted by Crippen LogP contribution is -2.09. The summed E-state index contributed by atoms with van der Waals surface area (Å²) in [5.74, 6) is 0. The first kappa shape index (κ1) is 26.6. The lowest BCUT2D eigenvalue weighted by Gasteiger charge is -2.26. The molecule has 0 amide bonds. The van der Waals surface area contributed by atoms with Gasteiger partial charge in [0.05, 0.1) is 10.6 Å². The number of nitrogens with zero attached hydrogens (tertiary/aromatic N) is 2. The summed E-state index contributed by atoms with van der Waals surface area (Å²) in [4.78, 5) is 8.71. The van der Waals surface area contributed by atoms with Gasteiger partial charge in [0.25, 0.3) is 0 Å². The number of hydrogen-bond donors (Lipinski definition) is 0. The van der Waals surface area contributed by atoms with Gasteiger partial charge in [-0.3, -0.25) is 0 Å². The lowest BCUT2D eigenvalue weighted by atomic mass is 9.94. The zero-order valence-corrected chi connectivity index (χ0v) is 25.8. The van der Waals surface area contributed by atoms with E-state index in [2.05, 4.69) is 175 Å². The predicted octanol–water partition coefficient (Wildman–Crippen LogP) is 12.4. The molecule has 0 N–H and O–H groups in total. The quantitative estimate of drug-likeness (QED) is 0.188. The molecule has 0 fully saturated rings. The second-order valence-corrected chi connectivity index (χ2v) is 12.6. The molecule has 0 saturated carbocycles. The van der Waals surface area contributed by atoms with E-state index in [-0.39, 0.29) is 0 Å². The average molecular weight is 605 g/mol. The van der Waals surface area contributed by atoms with E-state index in [1.165, 1.54) is 54.6 Å². The summed E-state index contributed by atoms with van der Waals surface area (Å²) >= 11 is 1.79. The van der Waals surface area contributed by atoms with Gasteiger partial charge < -0.3 is 4.90 Å². The molecule has 3 heteroatoms. The number of hydrogen-bond acceptors (Lipinski definition) is 3. The molecule has 0 spiro atoms. The van der Waals surface area contributed by atoms with Gasteiger partial charge in [-0.1, -0.05) is 133 Å². The molecule has 216 valence electrons. The normalized spacial score (nSPS) is 11.5. The van der Waals surface area contributed by atoms with Gasteiger partial charge in [-0.15, -0.1) is 11.3 Å². The number of rotatable bonds is 6. The molecule has 46 heavy (non-hydrogen) atoms.